The highest BCUT2D eigenvalue weighted by molar-refractivity contribution is 5.77. The van der Waals surface area contributed by atoms with Gasteiger partial charge in [0.05, 0.1) is 0 Å². The second-order valence-corrected chi connectivity index (χ2v) is 4.46. The van der Waals surface area contributed by atoms with Crippen molar-refractivity contribution in [2.45, 2.75) is 45.1 Å². The van der Waals surface area contributed by atoms with Crippen molar-refractivity contribution in [2.24, 2.45) is 11.8 Å². The number of hydrogen-bond donors (Lipinski definition) is 2. The summed E-state index contributed by atoms with van der Waals surface area (Å²) in [6.07, 6.45) is 3.14. The fraction of sp³-hybridized carbons (Fsp3) is 0.900. The molecule has 0 aromatic heterocycles. The fourth-order valence-electron chi connectivity index (χ4n) is 1.94. The van der Waals surface area contributed by atoms with E-state index in [1.807, 2.05) is 13.8 Å². The van der Waals surface area contributed by atoms with Gasteiger partial charge in [-0.05, 0) is 31.1 Å². The minimum Gasteiger partial charge on any atom is -0.479 e. The maximum absolute atomic E-state index is 10.9. The van der Waals surface area contributed by atoms with Crippen LogP contribution in [0.5, 0.6) is 0 Å². The van der Waals surface area contributed by atoms with E-state index in [-0.39, 0.29) is 11.8 Å². The first-order valence-electron chi connectivity index (χ1n) is 4.92. The Hall–Kier alpha value is -0.570. The van der Waals surface area contributed by atoms with Crippen molar-refractivity contribution >= 4 is 5.97 Å². The first-order valence-corrected chi connectivity index (χ1v) is 4.92. The lowest BCUT2D eigenvalue weighted by atomic mass is 9.70. The Morgan fingerprint density at radius 3 is 2.31 bits per heavy atom. The van der Waals surface area contributed by atoms with Crippen LogP contribution in [0.1, 0.15) is 39.5 Å². The monoisotopic (exact) mass is 186 g/mol. The molecular weight excluding hydrogens is 168 g/mol. The van der Waals surface area contributed by atoms with Crippen molar-refractivity contribution in [1.29, 1.82) is 0 Å². The summed E-state index contributed by atoms with van der Waals surface area (Å²) in [6, 6.07) is 0. The van der Waals surface area contributed by atoms with Crippen LogP contribution in [0.25, 0.3) is 0 Å². The average molecular weight is 186 g/mol. The summed E-state index contributed by atoms with van der Waals surface area (Å²) < 4.78 is 0. The van der Waals surface area contributed by atoms with Gasteiger partial charge in [-0.25, -0.2) is 4.79 Å². The van der Waals surface area contributed by atoms with Gasteiger partial charge in [0.2, 0.25) is 0 Å². The first-order chi connectivity index (χ1) is 5.97. The van der Waals surface area contributed by atoms with E-state index >= 15 is 0 Å². The molecular formula is C10H18O3. The Kier molecular flexibility index (Phi) is 2.96. The maximum atomic E-state index is 10.9. The zero-order valence-electron chi connectivity index (χ0n) is 8.29. The lowest BCUT2D eigenvalue weighted by Gasteiger charge is -2.39. The van der Waals surface area contributed by atoms with Crippen LogP contribution in [0.4, 0.5) is 0 Å². The molecule has 0 heterocycles. The smallest absolute Gasteiger partial charge is 0.335 e. The van der Waals surface area contributed by atoms with Crippen molar-refractivity contribution < 1.29 is 15.0 Å². The van der Waals surface area contributed by atoms with Crippen LogP contribution in [-0.4, -0.2) is 21.8 Å². The van der Waals surface area contributed by atoms with Crippen molar-refractivity contribution in [1.82, 2.24) is 0 Å². The van der Waals surface area contributed by atoms with Gasteiger partial charge in [0.25, 0.3) is 0 Å². The molecule has 0 bridgehead atoms. The highest BCUT2D eigenvalue weighted by atomic mass is 16.4. The molecule has 1 unspecified atom stereocenters. The third kappa shape index (κ3) is 2.02. The minimum atomic E-state index is -1.47. The Morgan fingerprint density at radius 1 is 1.54 bits per heavy atom. The molecule has 1 saturated carbocycles. The number of carboxylic acids is 1. The summed E-state index contributed by atoms with van der Waals surface area (Å²) in [7, 11) is 0. The number of carbonyl (C=O) groups is 1. The summed E-state index contributed by atoms with van der Waals surface area (Å²) in [5, 5.41) is 18.9. The number of carboxylic acid groups (broad SMARTS) is 1. The molecule has 1 aliphatic rings. The van der Waals surface area contributed by atoms with Gasteiger partial charge >= 0.3 is 5.97 Å². The number of hydrogen-bond acceptors (Lipinski definition) is 2. The van der Waals surface area contributed by atoms with Crippen molar-refractivity contribution in [3.8, 4) is 0 Å². The van der Waals surface area contributed by atoms with Crippen molar-refractivity contribution in [3.63, 3.8) is 0 Å². The van der Waals surface area contributed by atoms with Gasteiger partial charge in [-0.15, -0.1) is 0 Å². The van der Waals surface area contributed by atoms with Crippen LogP contribution in [0.2, 0.25) is 0 Å². The van der Waals surface area contributed by atoms with Gasteiger partial charge in [0, 0.05) is 0 Å². The number of aliphatic hydroxyl groups is 1. The Balaban J connectivity index is 2.67. The molecule has 0 aromatic rings. The molecule has 0 amide bonds. The third-order valence-corrected chi connectivity index (χ3v) is 2.87. The molecule has 0 saturated heterocycles. The van der Waals surface area contributed by atoms with Crippen LogP contribution in [0.3, 0.4) is 0 Å². The molecule has 1 aliphatic carbocycles. The maximum Gasteiger partial charge on any atom is 0.335 e. The zero-order valence-corrected chi connectivity index (χ0v) is 8.29. The van der Waals surface area contributed by atoms with Gasteiger partial charge in [-0.2, -0.15) is 0 Å². The van der Waals surface area contributed by atoms with E-state index in [1.54, 1.807) is 0 Å². The second kappa shape index (κ2) is 3.66. The van der Waals surface area contributed by atoms with E-state index in [0.717, 1.165) is 19.3 Å². The van der Waals surface area contributed by atoms with Crippen LogP contribution >= 0.6 is 0 Å². The molecule has 0 aliphatic heterocycles. The lowest BCUT2D eigenvalue weighted by molar-refractivity contribution is -0.171. The summed E-state index contributed by atoms with van der Waals surface area (Å²) in [6.45, 7) is 3.87. The number of aliphatic carboxylic acids is 1. The first kappa shape index (κ1) is 10.5. The Bertz CT molecular complexity index is 196. The average Bonchev–Trinajstić information content (AvgIpc) is 1.79. The largest absolute Gasteiger partial charge is 0.479 e. The lowest BCUT2D eigenvalue weighted by Crippen LogP contribution is -2.49. The molecule has 3 heteroatoms. The minimum absolute atomic E-state index is 0.0209. The van der Waals surface area contributed by atoms with Gasteiger partial charge in [0.1, 0.15) is 0 Å². The molecule has 2 N–H and O–H groups in total. The molecule has 3 nitrogen and oxygen atoms in total. The third-order valence-electron chi connectivity index (χ3n) is 2.87. The molecule has 1 fully saturated rings. The quantitative estimate of drug-likeness (QED) is 0.701. The predicted octanol–water partition coefficient (Wildman–Crippen LogP) is 1.65. The Morgan fingerprint density at radius 2 is 2.08 bits per heavy atom. The normalized spacial score (nSPS) is 22.5. The van der Waals surface area contributed by atoms with Crippen LogP contribution in [0, 0.1) is 11.8 Å². The van der Waals surface area contributed by atoms with E-state index < -0.39 is 11.6 Å². The summed E-state index contributed by atoms with van der Waals surface area (Å²) in [5.41, 5.74) is -1.47. The summed E-state index contributed by atoms with van der Waals surface area (Å²) in [4.78, 5) is 10.9. The molecule has 13 heavy (non-hydrogen) atoms. The standard InChI is InChI=1S/C10H18O3/c1-7(2)6-10(13,9(11)12)8-4-3-5-8/h7-8,13H,3-6H2,1-2H3,(H,11,12). The van der Waals surface area contributed by atoms with Crippen molar-refractivity contribution in [2.75, 3.05) is 0 Å². The van der Waals surface area contributed by atoms with Crippen LogP contribution in [0.15, 0.2) is 0 Å². The summed E-state index contributed by atoms with van der Waals surface area (Å²) >= 11 is 0. The number of rotatable bonds is 4. The zero-order chi connectivity index (χ0) is 10.1. The van der Waals surface area contributed by atoms with E-state index in [1.165, 1.54) is 0 Å². The van der Waals surface area contributed by atoms with E-state index in [9.17, 15) is 9.90 Å². The van der Waals surface area contributed by atoms with E-state index in [4.69, 9.17) is 5.11 Å². The molecule has 0 aromatic carbocycles. The molecule has 0 radical (unpaired) electrons. The molecule has 76 valence electrons. The van der Waals surface area contributed by atoms with Crippen LogP contribution < -0.4 is 0 Å². The Labute approximate surface area is 78.8 Å². The fourth-order valence-corrected chi connectivity index (χ4v) is 1.94. The van der Waals surface area contributed by atoms with Gasteiger partial charge in [0.15, 0.2) is 5.60 Å². The highest BCUT2D eigenvalue weighted by Crippen LogP contribution is 2.39. The van der Waals surface area contributed by atoms with Gasteiger partial charge in [-0.3, -0.25) is 0 Å². The molecule has 0 spiro atoms. The van der Waals surface area contributed by atoms with E-state index in [0.29, 0.717) is 6.42 Å². The summed E-state index contributed by atoms with van der Waals surface area (Å²) in [5.74, 6) is -0.847. The second-order valence-electron chi connectivity index (χ2n) is 4.46. The predicted molar refractivity (Wildman–Crippen MR) is 49.4 cm³/mol. The molecule has 1 rings (SSSR count). The van der Waals surface area contributed by atoms with Crippen molar-refractivity contribution in [3.05, 3.63) is 0 Å². The van der Waals surface area contributed by atoms with Gasteiger partial charge in [-0.1, -0.05) is 20.3 Å². The van der Waals surface area contributed by atoms with E-state index in [2.05, 4.69) is 0 Å². The SMILES string of the molecule is CC(C)CC(O)(C(=O)O)C1CCC1. The van der Waals surface area contributed by atoms with Gasteiger partial charge < -0.3 is 10.2 Å². The molecule has 1 atom stereocenters. The van der Waals surface area contributed by atoms with Crippen LogP contribution in [-0.2, 0) is 4.79 Å². The highest BCUT2D eigenvalue weighted by Gasteiger charge is 2.46. The topological polar surface area (TPSA) is 57.5 Å².